The minimum Gasteiger partial charge on any atom is -0.330 e. The lowest BCUT2D eigenvalue weighted by molar-refractivity contribution is 0.480. The van der Waals surface area contributed by atoms with Crippen molar-refractivity contribution in [2.24, 2.45) is 5.73 Å². The number of nitrogens with two attached hydrogens (primary N) is 1. The minimum atomic E-state index is -0.201. The van der Waals surface area contributed by atoms with Crippen LogP contribution in [0, 0.1) is 5.82 Å². The summed E-state index contributed by atoms with van der Waals surface area (Å²) in [4.78, 5) is 1.28. The molecule has 1 aromatic heterocycles. The molecule has 0 saturated carbocycles. The van der Waals surface area contributed by atoms with Gasteiger partial charge in [0.15, 0.2) is 0 Å². The third kappa shape index (κ3) is 2.73. The molecular weight excluding hydrogens is 233 g/mol. The molecule has 0 aliphatic heterocycles. The van der Waals surface area contributed by atoms with E-state index in [4.69, 9.17) is 5.73 Å². The lowest BCUT2D eigenvalue weighted by Crippen LogP contribution is -2.34. The van der Waals surface area contributed by atoms with Crippen molar-refractivity contribution in [3.8, 4) is 0 Å². The maximum absolute atomic E-state index is 13.3. The number of benzene rings is 1. The Morgan fingerprint density at radius 3 is 2.71 bits per heavy atom. The van der Waals surface area contributed by atoms with E-state index in [-0.39, 0.29) is 11.2 Å². The van der Waals surface area contributed by atoms with Crippen LogP contribution in [0.1, 0.15) is 17.4 Å². The molecule has 0 aliphatic rings. The van der Waals surface area contributed by atoms with E-state index in [1.807, 2.05) is 12.1 Å². The summed E-state index contributed by atoms with van der Waals surface area (Å²) in [5.41, 5.74) is 6.65. The number of hydrogen-bond acceptors (Lipinski definition) is 2. The van der Waals surface area contributed by atoms with E-state index >= 15 is 0 Å². The highest BCUT2D eigenvalue weighted by Crippen LogP contribution is 2.29. The van der Waals surface area contributed by atoms with E-state index in [0.717, 1.165) is 12.0 Å². The third-order valence-electron chi connectivity index (χ3n) is 3.12. The largest absolute Gasteiger partial charge is 0.330 e. The van der Waals surface area contributed by atoms with Crippen LogP contribution in [0.4, 0.5) is 4.39 Å². The average Bonchev–Trinajstić information content (AvgIpc) is 2.81. The summed E-state index contributed by atoms with van der Waals surface area (Å²) in [7, 11) is 0. The average molecular weight is 249 g/mol. The van der Waals surface area contributed by atoms with Gasteiger partial charge in [0.05, 0.1) is 0 Å². The Labute approximate surface area is 105 Å². The van der Waals surface area contributed by atoms with Gasteiger partial charge in [0.1, 0.15) is 5.82 Å². The summed E-state index contributed by atoms with van der Waals surface area (Å²) in [6, 6.07) is 10.9. The standard InChI is InChI=1S/C14H16FNS/c1-14(10-16,9-13-6-3-7-17-13)11-4-2-5-12(15)8-11/h2-8H,9-10,16H2,1H3. The highest BCUT2D eigenvalue weighted by molar-refractivity contribution is 7.09. The van der Waals surface area contributed by atoms with Crippen LogP contribution in [-0.2, 0) is 11.8 Å². The summed E-state index contributed by atoms with van der Waals surface area (Å²) in [5.74, 6) is -0.201. The van der Waals surface area contributed by atoms with Gasteiger partial charge in [0.25, 0.3) is 0 Å². The zero-order valence-electron chi connectivity index (χ0n) is 9.82. The van der Waals surface area contributed by atoms with Crippen molar-refractivity contribution in [2.45, 2.75) is 18.8 Å². The van der Waals surface area contributed by atoms with Crippen molar-refractivity contribution < 1.29 is 4.39 Å². The summed E-state index contributed by atoms with van der Waals surface area (Å²) >= 11 is 1.71. The van der Waals surface area contributed by atoms with Gasteiger partial charge in [-0.3, -0.25) is 0 Å². The van der Waals surface area contributed by atoms with Crippen LogP contribution >= 0.6 is 11.3 Å². The van der Waals surface area contributed by atoms with E-state index in [0.29, 0.717) is 6.54 Å². The molecule has 3 heteroatoms. The summed E-state index contributed by atoms with van der Waals surface area (Å²) in [5, 5.41) is 2.05. The number of hydrogen-bond donors (Lipinski definition) is 1. The molecule has 2 aromatic rings. The first-order valence-corrected chi connectivity index (χ1v) is 6.50. The SMILES string of the molecule is CC(CN)(Cc1cccs1)c1cccc(F)c1. The molecule has 2 rings (SSSR count). The highest BCUT2D eigenvalue weighted by Gasteiger charge is 2.26. The van der Waals surface area contributed by atoms with Gasteiger partial charge < -0.3 is 5.73 Å². The van der Waals surface area contributed by atoms with E-state index in [1.54, 1.807) is 23.5 Å². The first kappa shape index (κ1) is 12.3. The lowest BCUT2D eigenvalue weighted by Gasteiger charge is -2.28. The molecular formula is C14H16FNS. The number of rotatable bonds is 4. The van der Waals surface area contributed by atoms with Crippen molar-refractivity contribution in [3.63, 3.8) is 0 Å². The van der Waals surface area contributed by atoms with Crippen LogP contribution in [0.15, 0.2) is 41.8 Å². The Morgan fingerprint density at radius 1 is 1.29 bits per heavy atom. The normalized spacial score (nSPS) is 14.5. The molecule has 0 saturated heterocycles. The molecule has 1 nitrogen and oxygen atoms in total. The van der Waals surface area contributed by atoms with E-state index < -0.39 is 0 Å². The van der Waals surface area contributed by atoms with Gasteiger partial charge in [0.2, 0.25) is 0 Å². The lowest BCUT2D eigenvalue weighted by atomic mass is 9.79. The molecule has 1 aromatic carbocycles. The molecule has 0 amide bonds. The fourth-order valence-corrected chi connectivity index (χ4v) is 2.84. The van der Waals surface area contributed by atoms with Crippen molar-refractivity contribution in [3.05, 3.63) is 58.0 Å². The molecule has 0 spiro atoms. The monoisotopic (exact) mass is 249 g/mol. The quantitative estimate of drug-likeness (QED) is 0.883. The van der Waals surface area contributed by atoms with Crippen molar-refractivity contribution >= 4 is 11.3 Å². The van der Waals surface area contributed by atoms with Crippen LogP contribution in [-0.4, -0.2) is 6.54 Å². The Kier molecular flexibility index (Phi) is 3.60. The summed E-state index contributed by atoms with van der Waals surface area (Å²) < 4.78 is 13.3. The van der Waals surface area contributed by atoms with Gasteiger partial charge in [0, 0.05) is 16.8 Å². The van der Waals surface area contributed by atoms with Gasteiger partial charge in [-0.05, 0) is 35.6 Å². The summed E-state index contributed by atoms with van der Waals surface area (Å²) in [6.45, 7) is 2.59. The molecule has 1 heterocycles. The van der Waals surface area contributed by atoms with Gasteiger partial charge in [-0.1, -0.05) is 25.1 Å². The fourth-order valence-electron chi connectivity index (χ4n) is 1.95. The van der Waals surface area contributed by atoms with Gasteiger partial charge in [-0.15, -0.1) is 11.3 Å². The molecule has 0 bridgehead atoms. The van der Waals surface area contributed by atoms with Crippen molar-refractivity contribution in [2.75, 3.05) is 6.54 Å². The predicted octanol–water partition coefficient (Wildman–Crippen LogP) is 3.35. The van der Waals surface area contributed by atoms with Gasteiger partial charge >= 0.3 is 0 Å². The number of halogens is 1. The zero-order chi connectivity index (χ0) is 12.3. The summed E-state index contributed by atoms with van der Waals surface area (Å²) in [6.07, 6.45) is 0.852. The smallest absolute Gasteiger partial charge is 0.123 e. The molecule has 0 aliphatic carbocycles. The topological polar surface area (TPSA) is 26.0 Å². The van der Waals surface area contributed by atoms with Crippen LogP contribution in [0.2, 0.25) is 0 Å². The first-order valence-electron chi connectivity index (χ1n) is 5.62. The second-order valence-corrected chi connectivity index (χ2v) is 5.56. The van der Waals surface area contributed by atoms with E-state index in [1.165, 1.54) is 10.9 Å². The van der Waals surface area contributed by atoms with Gasteiger partial charge in [-0.25, -0.2) is 4.39 Å². The first-order chi connectivity index (χ1) is 8.14. The Balaban J connectivity index is 2.30. The molecule has 17 heavy (non-hydrogen) atoms. The van der Waals surface area contributed by atoms with Crippen molar-refractivity contribution in [1.82, 2.24) is 0 Å². The molecule has 0 radical (unpaired) electrons. The Morgan fingerprint density at radius 2 is 2.12 bits per heavy atom. The van der Waals surface area contributed by atoms with E-state index in [9.17, 15) is 4.39 Å². The molecule has 0 fully saturated rings. The van der Waals surface area contributed by atoms with Gasteiger partial charge in [-0.2, -0.15) is 0 Å². The molecule has 90 valence electrons. The zero-order valence-corrected chi connectivity index (χ0v) is 10.6. The second-order valence-electron chi connectivity index (χ2n) is 4.53. The predicted molar refractivity (Wildman–Crippen MR) is 70.8 cm³/mol. The van der Waals surface area contributed by atoms with Crippen LogP contribution in [0.25, 0.3) is 0 Å². The second kappa shape index (κ2) is 4.98. The van der Waals surface area contributed by atoms with Crippen molar-refractivity contribution in [1.29, 1.82) is 0 Å². The van der Waals surface area contributed by atoms with E-state index in [2.05, 4.69) is 18.4 Å². The number of thiophene rings is 1. The maximum Gasteiger partial charge on any atom is 0.123 e. The van der Waals surface area contributed by atoms with Crippen LogP contribution in [0.3, 0.4) is 0 Å². The highest BCUT2D eigenvalue weighted by atomic mass is 32.1. The molecule has 1 atom stereocenters. The molecule has 1 unspecified atom stereocenters. The maximum atomic E-state index is 13.3. The third-order valence-corrected chi connectivity index (χ3v) is 3.99. The Hall–Kier alpha value is -1.19. The van der Waals surface area contributed by atoms with Crippen LogP contribution < -0.4 is 5.73 Å². The van der Waals surface area contributed by atoms with Crippen LogP contribution in [0.5, 0.6) is 0 Å². The Bertz CT molecular complexity index is 481. The molecule has 2 N–H and O–H groups in total. The minimum absolute atomic E-state index is 0.201. The fraction of sp³-hybridized carbons (Fsp3) is 0.286.